The summed E-state index contributed by atoms with van der Waals surface area (Å²) in [6.45, 7) is 1.08. The lowest BCUT2D eigenvalue weighted by molar-refractivity contribution is 0.187. The number of para-hydroxylation sites is 3. The Morgan fingerprint density at radius 1 is 0.973 bits per heavy atom. The van der Waals surface area contributed by atoms with Gasteiger partial charge in [0.05, 0.1) is 10.6 Å². The number of ether oxygens (including phenoxy) is 1. The number of hydrogen-bond donors (Lipinski definition) is 1. The highest BCUT2D eigenvalue weighted by atomic mass is 32.2. The molecule has 10 heteroatoms. The van der Waals surface area contributed by atoms with Gasteiger partial charge in [0.15, 0.2) is 15.6 Å². The van der Waals surface area contributed by atoms with Gasteiger partial charge in [-0.3, -0.25) is 0 Å². The maximum Gasteiger partial charge on any atom is 0.321 e. The average Bonchev–Trinajstić information content (AvgIpc) is 3.41. The molecule has 0 spiro atoms. The van der Waals surface area contributed by atoms with Crippen LogP contribution in [0.15, 0.2) is 88.3 Å². The van der Waals surface area contributed by atoms with E-state index in [-0.39, 0.29) is 16.8 Å². The van der Waals surface area contributed by atoms with Gasteiger partial charge < -0.3 is 19.5 Å². The maximum atomic E-state index is 13.0. The normalized spacial score (nSPS) is 14.4. The van der Waals surface area contributed by atoms with Crippen molar-refractivity contribution >= 4 is 21.6 Å². The molecule has 0 radical (unpaired) electrons. The molecule has 0 atom stereocenters. The first-order chi connectivity index (χ1) is 17.9. The number of carbonyl (C=O) groups is 1. The summed E-state index contributed by atoms with van der Waals surface area (Å²) in [7, 11) is -3.27. The number of rotatable bonds is 6. The van der Waals surface area contributed by atoms with Gasteiger partial charge in [-0.05, 0) is 61.4 Å². The lowest BCUT2D eigenvalue weighted by Crippen LogP contribution is -2.40. The van der Waals surface area contributed by atoms with Crippen molar-refractivity contribution in [2.75, 3.05) is 24.7 Å². The molecule has 0 bridgehead atoms. The van der Waals surface area contributed by atoms with Crippen LogP contribution in [0.3, 0.4) is 0 Å². The van der Waals surface area contributed by atoms with Gasteiger partial charge in [0, 0.05) is 30.8 Å². The fourth-order valence-electron chi connectivity index (χ4n) is 4.17. The second-order valence-corrected chi connectivity index (χ2v) is 10.9. The topological polar surface area (TPSA) is 115 Å². The van der Waals surface area contributed by atoms with Gasteiger partial charge in [-0.15, -0.1) is 0 Å². The molecular weight excluding hydrogens is 492 g/mol. The Hall–Kier alpha value is -4.18. The summed E-state index contributed by atoms with van der Waals surface area (Å²) in [4.78, 5) is 19.5. The van der Waals surface area contributed by atoms with Crippen molar-refractivity contribution in [3.05, 3.63) is 84.8 Å². The second kappa shape index (κ2) is 10.4. The van der Waals surface area contributed by atoms with E-state index in [9.17, 15) is 13.2 Å². The van der Waals surface area contributed by atoms with Crippen molar-refractivity contribution in [2.45, 2.75) is 23.7 Å². The summed E-state index contributed by atoms with van der Waals surface area (Å²) < 4.78 is 34.8. The van der Waals surface area contributed by atoms with E-state index < -0.39 is 9.84 Å². The molecule has 1 aliphatic heterocycles. The zero-order valence-corrected chi connectivity index (χ0v) is 21.0. The lowest BCUT2D eigenvalue weighted by atomic mass is 9.97. The van der Waals surface area contributed by atoms with Crippen LogP contribution in [0.1, 0.15) is 24.7 Å². The number of hydrogen-bond acceptors (Lipinski definition) is 7. The van der Waals surface area contributed by atoms with E-state index in [0.717, 1.165) is 0 Å². The third kappa shape index (κ3) is 5.80. The molecule has 3 aromatic carbocycles. The zero-order valence-electron chi connectivity index (χ0n) is 20.2. The summed E-state index contributed by atoms with van der Waals surface area (Å²) in [6, 6.07) is 22.9. The summed E-state index contributed by atoms with van der Waals surface area (Å²) >= 11 is 0. The highest BCUT2D eigenvalue weighted by Crippen LogP contribution is 2.31. The van der Waals surface area contributed by atoms with Crippen LogP contribution in [0.25, 0.3) is 11.4 Å². The fourth-order valence-corrected chi connectivity index (χ4v) is 4.80. The number of aromatic nitrogens is 2. The van der Waals surface area contributed by atoms with E-state index in [1.165, 1.54) is 18.4 Å². The molecule has 1 saturated heterocycles. The van der Waals surface area contributed by atoms with Crippen LogP contribution in [0, 0.1) is 0 Å². The second-order valence-electron chi connectivity index (χ2n) is 8.86. The van der Waals surface area contributed by atoms with Gasteiger partial charge in [0.25, 0.3) is 0 Å². The van der Waals surface area contributed by atoms with E-state index in [2.05, 4.69) is 15.5 Å². The van der Waals surface area contributed by atoms with E-state index in [4.69, 9.17) is 9.26 Å². The van der Waals surface area contributed by atoms with Crippen molar-refractivity contribution in [2.24, 2.45) is 0 Å². The third-order valence-electron chi connectivity index (χ3n) is 6.21. The van der Waals surface area contributed by atoms with Crippen molar-refractivity contribution < 1.29 is 22.5 Å². The number of nitrogens with one attached hydrogen (secondary N) is 1. The number of nitrogens with zero attached hydrogens (tertiary/aromatic N) is 3. The Labute approximate surface area is 215 Å². The molecule has 37 heavy (non-hydrogen) atoms. The van der Waals surface area contributed by atoms with Crippen LogP contribution in [0.2, 0.25) is 0 Å². The van der Waals surface area contributed by atoms with Crippen LogP contribution in [-0.4, -0.2) is 48.8 Å². The molecule has 190 valence electrons. The molecule has 1 fully saturated rings. The smallest absolute Gasteiger partial charge is 0.321 e. The Bertz CT molecular complexity index is 1480. The monoisotopic (exact) mass is 518 g/mol. The molecule has 0 aliphatic carbocycles. The van der Waals surface area contributed by atoms with Crippen molar-refractivity contribution in [3.8, 4) is 22.9 Å². The summed E-state index contributed by atoms with van der Waals surface area (Å²) in [5.41, 5.74) is 1.28. The molecule has 1 aliphatic rings. The summed E-state index contributed by atoms with van der Waals surface area (Å²) in [6.07, 6.45) is 2.53. The minimum Gasteiger partial charge on any atom is -0.455 e. The minimum absolute atomic E-state index is 0.0364. The molecule has 0 saturated carbocycles. The SMILES string of the molecule is CS(=O)(=O)c1ccc(-c2noc(C3CCN(C(=O)Nc4ccccc4Oc4ccccc4)CC3)n2)cc1. The first kappa shape index (κ1) is 24.5. The molecule has 2 heterocycles. The predicted octanol–water partition coefficient (Wildman–Crippen LogP) is 5.34. The molecule has 5 rings (SSSR count). The number of carbonyl (C=O) groups excluding carboxylic acids is 1. The number of likely N-dealkylation sites (tertiary alicyclic amines) is 1. The molecule has 0 unspecified atom stereocenters. The molecule has 1 N–H and O–H groups in total. The largest absolute Gasteiger partial charge is 0.455 e. The quantitative estimate of drug-likeness (QED) is 0.366. The van der Waals surface area contributed by atoms with Crippen molar-refractivity contribution in [3.63, 3.8) is 0 Å². The van der Waals surface area contributed by atoms with Gasteiger partial charge in [-0.1, -0.05) is 35.5 Å². The van der Waals surface area contributed by atoms with E-state index >= 15 is 0 Å². The lowest BCUT2D eigenvalue weighted by Gasteiger charge is -2.30. The van der Waals surface area contributed by atoms with Crippen LogP contribution in [0.4, 0.5) is 10.5 Å². The van der Waals surface area contributed by atoms with Crippen LogP contribution < -0.4 is 10.1 Å². The summed E-state index contributed by atoms with van der Waals surface area (Å²) in [5.74, 6) is 2.22. The Balaban J connectivity index is 1.19. The van der Waals surface area contributed by atoms with Crippen LogP contribution in [-0.2, 0) is 9.84 Å². The van der Waals surface area contributed by atoms with Crippen LogP contribution in [0.5, 0.6) is 11.5 Å². The molecular formula is C27H26N4O5S. The highest BCUT2D eigenvalue weighted by molar-refractivity contribution is 7.90. The molecule has 1 aromatic heterocycles. The average molecular weight is 519 g/mol. The fraction of sp³-hybridized carbons (Fsp3) is 0.222. The van der Waals surface area contributed by atoms with Crippen LogP contribution >= 0.6 is 0 Å². The van der Waals surface area contributed by atoms with E-state index in [1.807, 2.05) is 54.6 Å². The van der Waals surface area contributed by atoms with Crippen molar-refractivity contribution in [1.82, 2.24) is 15.0 Å². The maximum absolute atomic E-state index is 13.0. The van der Waals surface area contributed by atoms with E-state index in [0.29, 0.717) is 60.4 Å². The van der Waals surface area contributed by atoms with Gasteiger partial charge >= 0.3 is 6.03 Å². The number of benzene rings is 3. The minimum atomic E-state index is -3.27. The zero-order chi connectivity index (χ0) is 25.8. The summed E-state index contributed by atoms with van der Waals surface area (Å²) in [5, 5.41) is 7.03. The molecule has 4 aromatic rings. The standard InChI is InChI=1S/C27H26N4O5S/c1-37(33,34)22-13-11-19(12-14-22)25-29-26(36-30-25)20-15-17-31(18-16-20)27(32)28-23-9-5-6-10-24(23)35-21-7-3-2-4-8-21/h2-14,20H,15-18H2,1H3,(H,28,32). The number of amides is 2. The predicted molar refractivity (Wildman–Crippen MR) is 138 cm³/mol. The number of sulfone groups is 1. The van der Waals surface area contributed by atoms with Crippen molar-refractivity contribution in [1.29, 1.82) is 0 Å². The van der Waals surface area contributed by atoms with Gasteiger partial charge in [-0.2, -0.15) is 4.98 Å². The van der Waals surface area contributed by atoms with Gasteiger partial charge in [0.1, 0.15) is 5.75 Å². The van der Waals surface area contributed by atoms with E-state index in [1.54, 1.807) is 17.0 Å². The third-order valence-corrected chi connectivity index (χ3v) is 7.34. The van der Waals surface area contributed by atoms with Gasteiger partial charge in [-0.25, -0.2) is 13.2 Å². The molecule has 2 amide bonds. The molecule has 9 nitrogen and oxygen atoms in total. The Morgan fingerprint density at radius 2 is 1.65 bits per heavy atom. The van der Waals surface area contributed by atoms with Gasteiger partial charge in [0.2, 0.25) is 11.7 Å². The Kier molecular flexibility index (Phi) is 6.91. The highest BCUT2D eigenvalue weighted by Gasteiger charge is 2.28. The first-order valence-electron chi connectivity index (χ1n) is 11.9. The number of urea groups is 1. The first-order valence-corrected chi connectivity index (χ1v) is 13.8. The Morgan fingerprint density at radius 3 is 2.35 bits per heavy atom. The number of piperidine rings is 1. The number of anilines is 1.